The summed E-state index contributed by atoms with van der Waals surface area (Å²) in [6.07, 6.45) is 10.1. The first kappa shape index (κ1) is 10.7. The lowest BCUT2D eigenvalue weighted by Gasteiger charge is -2.16. The molecule has 1 aromatic heterocycles. The first-order chi connectivity index (χ1) is 7.75. The fraction of sp³-hybridized carbons (Fsp3) is 0.267. The Hall–Kier alpha value is -1.81. The molecular weight excluding hydrogens is 194 g/mol. The third-order valence-corrected chi connectivity index (χ3v) is 2.86. The van der Waals surface area contributed by atoms with Crippen LogP contribution in [0.1, 0.15) is 19.4 Å². The Morgan fingerprint density at radius 3 is 2.75 bits per heavy atom. The average molecular weight is 209 g/mol. The van der Waals surface area contributed by atoms with Gasteiger partial charge in [-0.3, -0.25) is 4.98 Å². The maximum atomic E-state index is 4.04. The molecule has 1 nitrogen and oxygen atoms in total. The van der Waals surface area contributed by atoms with Crippen molar-refractivity contribution in [3.63, 3.8) is 0 Å². The summed E-state index contributed by atoms with van der Waals surface area (Å²) >= 11 is 0. The Bertz CT molecular complexity index is 471. The fourth-order valence-electron chi connectivity index (χ4n) is 1.59. The van der Waals surface area contributed by atoms with Crippen LogP contribution < -0.4 is 0 Å². The maximum Gasteiger partial charge on any atom is 0.0432 e. The third-order valence-electron chi connectivity index (χ3n) is 2.86. The van der Waals surface area contributed by atoms with Crippen LogP contribution >= 0.6 is 0 Å². The Morgan fingerprint density at radius 2 is 2.06 bits per heavy atom. The van der Waals surface area contributed by atoms with Crippen molar-refractivity contribution in [3.05, 3.63) is 53.9 Å². The van der Waals surface area contributed by atoms with Crippen molar-refractivity contribution in [2.24, 2.45) is 11.8 Å². The molecule has 0 saturated heterocycles. The minimum absolute atomic E-state index is 0.572. The van der Waals surface area contributed by atoms with E-state index in [-0.39, 0.29) is 0 Å². The summed E-state index contributed by atoms with van der Waals surface area (Å²) in [5.41, 5.74) is 2.07. The van der Waals surface area contributed by atoms with Gasteiger partial charge in [0.15, 0.2) is 0 Å². The fourth-order valence-corrected chi connectivity index (χ4v) is 1.59. The first-order valence-electron chi connectivity index (χ1n) is 5.58. The van der Waals surface area contributed by atoms with Crippen molar-refractivity contribution in [1.29, 1.82) is 0 Å². The number of aromatic nitrogens is 1. The molecule has 0 saturated carbocycles. The van der Waals surface area contributed by atoms with E-state index in [1.54, 1.807) is 12.4 Å². The molecule has 1 aliphatic carbocycles. The summed E-state index contributed by atoms with van der Waals surface area (Å²) < 4.78 is 0. The van der Waals surface area contributed by atoms with Crippen LogP contribution in [0.4, 0.5) is 0 Å². The molecule has 0 N–H and O–H groups in total. The number of allylic oxidation sites excluding steroid dienone is 4. The van der Waals surface area contributed by atoms with E-state index in [0.717, 1.165) is 11.1 Å². The molecule has 0 radical (unpaired) electrons. The number of rotatable bonds is 0. The summed E-state index contributed by atoms with van der Waals surface area (Å²) in [4.78, 5) is 4.04. The molecule has 1 aliphatic rings. The standard InChI is InChI=1S/C15H15N/c1-12-5-6-14(10-13(12)2)7-8-15-4-3-9-16-11-15/h3-6,9-13H,1-2H3. The molecule has 0 aliphatic heterocycles. The molecule has 0 amide bonds. The monoisotopic (exact) mass is 209 g/mol. The number of hydrogen-bond donors (Lipinski definition) is 0. The van der Waals surface area contributed by atoms with E-state index in [4.69, 9.17) is 0 Å². The van der Waals surface area contributed by atoms with E-state index in [1.165, 1.54) is 0 Å². The second kappa shape index (κ2) is 4.81. The van der Waals surface area contributed by atoms with E-state index in [1.807, 2.05) is 12.1 Å². The number of pyridine rings is 1. The molecule has 0 bridgehead atoms. The topological polar surface area (TPSA) is 12.9 Å². The summed E-state index contributed by atoms with van der Waals surface area (Å²) in [5, 5.41) is 0. The molecule has 2 atom stereocenters. The summed E-state index contributed by atoms with van der Waals surface area (Å²) in [5.74, 6) is 7.48. The molecule has 0 fully saturated rings. The van der Waals surface area contributed by atoms with Gasteiger partial charge >= 0.3 is 0 Å². The van der Waals surface area contributed by atoms with Crippen LogP contribution in [0.25, 0.3) is 0 Å². The van der Waals surface area contributed by atoms with Gasteiger partial charge in [0.1, 0.15) is 0 Å². The second-order valence-corrected chi connectivity index (χ2v) is 4.19. The third kappa shape index (κ3) is 2.61. The Kier molecular flexibility index (Phi) is 3.22. The van der Waals surface area contributed by atoms with E-state index in [2.05, 4.69) is 48.9 Å². The zero-order valence-corrected chi connectivity index (χ0v) is 9.64. The molecule has 80 valence electrons. The van der Waals surface area contributed by atoms with E-state index in [9.17, 15) is 0 Å². The quantitative estimate of drug-likeness (QED) is 0.598. The van der Waals surface area contributed by atoms with Gasteiger partial charge in [-0.15, -0.1) is 0 Å². The van der Waals surface area contributed by atoms with Gasteiger partial charge in [-0.2, -0.15) is 0 Å². The SMILES string of the molecule is CC1C=CC(C#Cc2cccnc2)=CC1C. The Morgan fingerprint density at radius 1 is 1.19 bits per heavy atom. The lowest BCUT2D eigenvalue weighted by atomic mass is 9.89. The molecule has 1 aromatic rings. The van der Waals surface area contributed by atoms with Crippen LogP contribution in [0.3, 0.4) is 0 Å². The highest BCUT2D eigenvalue weighted by molar-refractivity contribution is 5.45. The van der Waals surface area contributed by atoms with Gasteiger partial charge in [-0.1, -0.05) is 43.9 Å². The van der Waals surface area contributed by atoms with Crippen LogP contribution in [-0.4, -0.2) is 4.98 Å². The van der Waals surface area contributed by atoms with Gasteiger partial charge in [0.25, 0.3) is 0 Å². The number of nitrogens with zero attached hydrogens (tertiary/aromatic N) is 1. The minimum Gasteiger partial charge on any atom is -0.263 e. The lowest BCUT2D eigenvalue weighted by Crippen LogP contribution is -2.06. The van der Waals surface area contributed by atoms with Gasteiger partial charge in [-0.05, 0) is 24.0 Å². The van der Waals surface area contributed by atoms with Crippen molar-refractivity contribution >= 4 is 0 Å². The highest BCUT2D eigenvalue weighted by Gasteiger charge is 2.10. The van der Waals surface area contributed by atoms with E-state index < -0.39 is 0 Å². The normalized spacial score (nSPS) is 23.2. The minimum atomic E-state index is 0.572. The molecule has 2 unspecified atom stereocenters. The highest BCUT2D eigenvalue weighted by Crippen LogP contribution is 2.21. The van der Waals surface area contributed by atoms with Gasteiger partial charge in [-0.25, -0.2) is 0 Å². The van der Waals surface area contributed by atoms with Gasteiger partial charge in [0.2, 0.25) is 0 Å². The van der Waals surface area contributed by atoms with Crippen LogP contribution in [0.5, 0.6) is 0 Å². The average Bonchev–Trinajstić information content (AvgIpc) is 2.32. The van der Waals surface area contributed by atoms with Gasteiger partial charge in [0.05, 0.1) is 0 Å². The smallest absolute Gasteiger partial charge is 0.0432 e. The van der Waals surface area contributed by atoms with Crippen LogP contribution in [0.2, 0.25) is 0 Å². The van der Waals surface area contributed by atoms with Gasteiger partial charge < -0.3 is 0 Å². The molecule has 16 heavy (non-hydrogen) atoms. The van der Waals surface area contributed by atoms with Gasteiger partial charge in [0, 0.05) is 23.5 Å². The predicted molar refractivity (Wildman–Crippen MR) is 66.7 cm³/mol. The molecular formula is C15H15N. The molecule has 0 aromatic carbocycles. The lowest BCUT2D eigenvalue weighted by molar-refractivity contribution is 0.550. The molecule has 0 spiro atoms. The van der Waals surface area contributed by atoms with E-state index in [0.29, 0.717) is 11.8 Å². The molecule has 2 rings (SSSR count). The molecule has 1 heteroatoms. The second-order valence-electron chi connectivity index (χ2n) is 4.19. The Balaban J connectivity index is 2.15. The predicted octanol–water partition coefficient (Wildman–Crippen LogP) is 3.20. The van der Waals surface area contributed by atoms with Crippen molar-refractivity contribution in [1.82, 2.24) is 4.98 Å². The first-order valence-corrected chi connectivity index (χ1v) is 5.58. The number of hydrogen-bond acceptors (Lipinski definition) is 1. The van der Waals surface area contributed by atoms with Crippen molar-refractivity contribution in [3.8, 4) is 11.8 Å². The van der Waals surface area contributed by atoms with E-state index >= 15 is 0 Å². The summed E-state index contributed by atoms with van der Waals surface area (Å²) in [6, 6.07) is 3.87. The molecule has 1 heterocycles. The van der Waals surface area contributed by atoms with Crippen LogP contribution in [0, 0.1) is 23.7 Å². The summed E-state index contributed by atoms with van der Waals surface area (Å²) in [7, 11) is 0. The maximum absolute atomic E-state index is 4.04. The Labute approximate surface area is 96.9 Å². The van der Waals surface area contributed by atoms with Crippen LogP contribution in [-0.2, 0) is 0 Å². The zero-order valence-electron chi connectivity index (χ0n) is 9.64. The van der Waals surface area contributed by atoms with Crippen LogP contribution in [0.15, 0.2) is 48.3 Å². The van der Waals surface area contributed by atoms with Crippen molar-refractivity contribution < 1.29 is 0 Å². The van der Waals surface area contributed by atoms with Crippen molar-refractivity contribution in [2.75, 3.05) is 0 Å². The highest BCUT2D eigenvalue weighted by atomic mass is 14.6. The largest absolute Gasteiger partial charge is 0.263 e. The summed E-state index contributed by atoms with van der Waals surface area (Å²) in [6.45, 7) is 4.45. The van der Waals surface area contributed by atoms with Crippen molar-refractivity contribution in [2.45, 2.75) is 13.8 Å². The zero-order chi connectivity index (χ0) is 11.4.